The molecule has 1 saturated carbocycles. The van der Waals surface area contributed by atoms with Crippen LogP contribution in [-0.2, 0) is 0 Å². The quantitative estimate of drug-likeness (QED) is 0.826. The molecule has 94 valence electrons. The SMILES string of the molecule is CCN(c1ccc(Br)c(C)n1)C1CCCCC1. The predicted molar refractivity (Wildman–Crippen MR) is 76.6 cm³/mol. The van der Waals surface area contributed by atoms with E-state index in [-0.39, 0.29) is 0 Å². The molecular formula is C14H21BrN2. The number of pyridine rings is 1. The average molecular weight is 297 g/mol. The Hall–Kier alpha value is -0.570. The van der Waals surface area contributed by atoms with Crippen LogP contribution in [0.1, 0.15) is 44.7 Å². The third kappa shape index (κ3) is 3.01. The number of aromatic nitrogens is 1. The Morgan fingerprint density at radius 2 is 2.00 bits per heavy atom. The van der Waals surface area contributed by atoms with Crippen molar-refractivity contribution in [2.24, 2.45) is 0 Å². The molecule has 1 fully saturated rings. The van der Waals surface area contributed by atoms with Crippen molar-refractivity contribution in [2.75, 3.05) is 11.4 Å². The van der Waals surface area contributed by atoms with Crippen LogP contribution < -0.4 is 4.90 Å². The van der Waals surface area contributed by atoms with Crippen molar-refractivity contribution < 1.29 is 0 Å². The van der Waals surface area contributed by atoms with E-state index in [9.17, 15) is 0 Å². The zero-order valence-corrected chi connectivity index (χ0v) is 12.3. The van der Waals surface area contributed by atoms with Crippen LogP contribution in [0.15, 0.2) is 16.6 Å². The largest absolute Gasteiger partial charge is 0.354 e. The van der Waals surface area contributed by atoms with Crippen LogP contribution in [0.5, 0.6) is 0 Å². The molecule has 2 rings (SSSR count). The number of rotatable bonds is 3. The van der Waals surface area contributed by atoms with Crippen LogP contribution in [0, 0.1) is 6.92 Å². The van der Waals surface area contributed by atoms with Crippen LogP contribution in [-0.4, -0.2) is 17.6 Å². The Labute approximate surface area is 113 Å². The van der Waals surface area contributed by atoms with Gasteiger partial charge in [-0.05, 0) is 54.8 Å². The third-order valence-corrected chi connectivity index (χ3v) is 4.50. The van der Waals surface area contributed by atoms with Gasteiger partial charge in [0.1, 0.15) is 5.82 Å². The summed E-state index contributed by atoms with van der Waals surface area (Å²) in [6, 6.07) is 4.94. The summed E-state index contributed by atoms with van der Waals surface area (Å²) in [5.41, 5.74) is 1.08. The Morgan fingerprint density at radius 3 is 2.59 bits per heavy atom. The summed E-state index contributed by atoms with van der Waals surface area (Å²) in [7, 11) is 0. The van der Waals surface area contributed by atoms with Gasteiger partial charge in [0.05, 0.1) is 5.69 Å². The van der Waals surface area contributed by atoms with Gasteiger partial charge in [-0.15, -0.1) is 0 Å². The number of nitrogens with zero attached hydrogens (tertiary/aromatic N) is 2. The molecule has 0 N–H and O–H groups in total. The van der Waals surface area contributed by atoms with Crippen molar-refractivity contribution in [2.45, 2.75) is 52.0 Å². The molecule has 0 aromatic carbocycles. The second-order valence-corrected chi connectivity index (χ2v) is 5.67. The minimum absolute atomic E-state index is 0.696. The summed E-state index contributed by atoms with van der Waals surface area (Å²) in [5, 5.41) is 0. The van der Waals surface area contributed by atoms with Gasteiger partial charge in [0, 0.05) is 17.1 Å². The highest BCUT2D eigenvalue weighted by atomic mass is 79.9. The summed E-state index contributed by atoms with van der Waals surface area (Å²) in [5.74, 6) is 1.14. The lowest BCUT2D eigenvalue weighted by Crippen LogP contribution is -2.37. The number of hydrogen-bond acceptors (Lipinski definition) is 2. The van der Waals surface area contributed by atoms with Gasteiger partial charge in [0.25, 0.3) is 0 Å². The maximum atomic E-state index is 4.70. The fraction of sp³-hybridized carbons (Fsp3) is 0.643. The summed E-state index contributed by atoms with van der Waals surface area (Å²) in [6.45, 7) is 5.34. The summed E-state index contributed by atoms with van der Waals surface area (Å²) < 4.78 is 1.10. The maximum absolute atomic E-state index is 4.70. The number of hydrogen-bond donors (Lipinski definition) is 0. The van der Waals surface area contributed by atoms with Crippen molar-refractivity contribution >= 4 is 21.7 Å². The third-order valence-electron chi connectivity index (χ3n) is 3.66. The van der Waals surface area contributed by atoms with E-state index in [1.54, 1.807) is 0 Å². The lowest BCUT2D eigenvalue weighted by molar-refractivity contribution is 0.416. The van der Waals surface area contributed by atoms with E-state index in [4.69, 9.17) is 4.98 Å². The summed E-state index contributed by atoms with van der Waals surface area (Å²) in [4.78, 5) is 7.17. The van der Waals surface area contributed by atoms with Gasteiger partial charge in [-0.3, -0.25) is 0 Å². The van der Waals surface area contributed by atoms with Crippen LogP contribution in [0.3, 0.4) is 0 Å². The second-order valence-electron chi connectivity index (χ2n) is 4.81. The molecule has 0 amide bonds. The predicted octanol–water partition coefficient (Wildman–Crippen LogP) is 4.31. The Balaban J connectivity index is 2.18. The molecule has 1 aliphatic rings. The van der Waals surface area contributed by atoms with E-state index >= 15 is 0 Å². The van der Waals surface area contributed by atoms with Gasteiger partial charge in [-0.25, -0.2) is 4.98 Å². The number of aryl methyl sites for hydroxylation is 1. The number of anilines is 1. The molecule has 1 aromatic rings. The minimum atomic E-state index is 0.696. The van der Waals surface area contributed by atoms with E-state index in [0.29, 0.717) is 6.04 Å². The van der Waals surface area contributed by atoms with E-state index in [2.05, 4.69) is 46.8 Å². The van der Waals surface area contributed by atoms with Crippen LogP contribution in [0.25, 0.3) is 0 Å². The molecule has 0 bridgehead atoms. The van der Waals surface area contributed by atoms with E-state index < -0.39 is 0 Å². The lowest BCUT2D eigenvalue weighted by atomic mass is 9.94. The molecule has 2 nitrogen and oxygen atoms in total. The normalized spacial score (nSPS) is 17.1. The molecule has 1 heterocycles. The number of halogens is 1. The van der Waals surface area contributed by atoms with Gasteiger partial charge in [-0.2, -0.15) is 0 Å². The average Bonchev–Trinajstić information content (AvgIpc) is 2.36. The molecule has 3 heteroatoms. The van der Waals surface area contributed by atoms with Crippen molar-refractivity contribution in [3.05, 3.63) is 22.3 Å². The zero-order chi connectivity index (χ0) is 12.3. The molecule has 0 aliphatic heterocycles. The van der Waals surface area contributed by atoms with E-state index in [1.807, 2.05) is 0 Å². The van der Waals surface area contributed by atoms with Gasteiger partial charge >= 0.3 is 0 Å². The fourth-order valence-corrected chi connectivity index (χ4v) is 2.91. The Kier molecular flexibility index (Phi) is 4.43. The molecule has 1 aromatic heterocycles. The van der Waals surface area contributed by atoms with Crippen LogP contribution >= 0.6 is 15.9 Å². The van der Waals surface area contributed by atoms with Crippen LogP contribution in [0.2, 0.25) is 0 Å². The molecular weight excluding hydrogens is 276 g/mol. The molecule has 17 heavy (non-hydrogen) atoms. The minimum Gasteiger partial charge on any atom is -0.354 e. The molecule has 1 aliphatic carbocycles. The molecule has 0 unspecified atom stereocenters. The standard InChI is InChI=1S/C14H21BrN2/c1-3-17(12-7-5-4-6-8-12)14-10-9-13(15)11(2)16-14/h9-10,12H,3-8H2,1-2H3. The highest BCUT2D eigenvalue weighted by molar-refractivity contribution is 9.10. The van der Waals surface area contributed by atoms with Gasteiger partial charge in [0.15, 0.2) is 0 Å². The van der Waals surface area contributed by atoms with Crippen molar-refractivity contribution in [3.8, 4) is 0 Å². The Morgan fingerprint density at radius 1 is 1.29 bits per heavy atom. The second kappa shape index (κ2) is 5.85. The van der Waals surface area contributed by atoms with E-state index in [0.717, 1.165) is 22.5 Å². The molecule has 0 atom stereocenters. The maximum Gasteiger partial charge on any atom is 0.129 e. The topological polar surface area (TPSA) is 16.1 Å². The fourth-order valence-electron chi connectivity index (χ4n) is 2.69. The van der Waals surface area contributed by atoms with E-state index in [1.165, 1.54) is 32.1 Å². The smallest absolute Gasteiger partial charge is 0.129 e. The first kappa shape index (κ1) is 12.9. The summed E-state index contributed by atoms with van der Waals surface area (Å²) in [6.07, 6.45) is 6.80. The van der Waals surface area contributed by atoms with Gasteiger partial charge in [0.2, 0.25) is 0 Å². The highest BCUT2D eigenvalue weighted by Gasteiger charge is 2.21. The Bertz CT molecular complexity index is 372. The van der Waals surface area contributed by atoms with Gasteiger partial charge in [-0.1, -0.05) is 19.3 Å². The van der Waals surface area contributed by atoms with Crippen LogP contribution in [0.4, 0.5) is 5.82 Å². The molecule has 0 radical (unpaired) electrons. The summed E-state index contributed by atoms with van der Waals surface area (Å²) >= 11 is 3.52. The van der Waals surface area contributed by atoms with Crippen molar-refractivity contribution in [3.63, 3.8) is 0 Å². The molecule has 0 spiro atoms. The lowest BCUT2D eigenvalue weighted by Gasteiger charge is -2.34. The molecule has 0 saturated heterocycles. The first-order valence-corrected chi connectivity index (χ1v) is 7.41. The zero-order valence-electron chi connectivity index (χ0n) is 10.7. The first-order valence-electron chi connectivity index (χ1n) is 6.62. The highest BCUT2D eigenvalue weighted by Crippen LogP contribution is 2.27. The monoisotopic (exact) mass is 296 g/mol. The van der Waals surface area contributed by atoms with Crippen molar-refractivity contribution in [1.82, 2.24) is 4.98 Å². The van der Waals surface area contributed by atoms with Gasteiger partial charge < -0.3 is 4.90 Å². The first-order chi connectivity index (χ1) is 8.22. The van der Waals surface area contributed by atoms with Crippen molar-refractivity contribution in [1.29, 1.82) is 0 Å².